The monoisotopic (exact) mass is 408 g/mol. The molecule has 0 amide bonds. The standard InChI is InChI=1S/C25H47P.C2H6/c1-17(2)14-20(5)26-25-13-9-10-18(3)11-12-21(25)24(8)15-19(4)23(6,7)22(24)16-25;1-2/h17-22,26H,9-16H2,1-8H3;1-2H3. The molecule has 0 saturated heterocycles. The van der Waals surface area contributed by atoms with E-state index >= 15 is 0 Å². The van der Waals surface area contributed by atoms with Crippen LogP contribution in [0.2, 0.25) is 0 Å². The predicted molar refractivity (Wildman–Crippen MR) is 131 cm³/mol. The fourth-order valence-corrected chi connectivity index (χ4v) is 10.9. The zero-order chi connectivity index (χ0) is 21.3. The van der Waals surface area contributed by atoms with Gasteiger partial charge in [0.05, 0.1) is 0 Å². The van der Waals surface area contributed by atoms with Crippen molar-refractivity contribution in [2.75, 3.05) is 0 Å². The molecule has 166 valence electrons. The molecule has 3 aliphatic rings. The molecule has 0 aliphatic heterocycles. The molecule has 0 aromatic rings. The van der Waals surface area contributed by atoms with Crippen molar-refractivity contribution in [1.82, 2.24) is 0 Å². The average molecular weight is 409 g/mol. The van der Waals surface area contributed by atoms with Gasteiger partial charge in [0, 0.05) is 0 Å². The molecular weight excluding hydrogens is 355 g/mol. The minimum Gasteiger partial charge on any atom is -0.112 e. The van der Waals surface area contributed by atoms with Gasteiger partial charge in [0.15, 0.2) is 0 Å². The first-order valence-electron chi connectivity index (χ1n) is 12.8. The molecule has 3 aliphatic carbocycles. The fourth-order valence-electron chi connectivity index (χ4n) is 8.01. The van der Waals surface area contributed by atoms with Crippen molar-refractivity contribution in [2.45, 2.75) is 131 Å². The Morgan fingerprint density at radius 3 is 2.14 bits per heavy atom. The molecule has 0 N–H and O–H groups in total. The van der Waals surface area contributed by atoms with E-state index in [1.54, 1.807) is 12.8 Å². The van der Waals surface area contributed by atoms with E-state index in [0.29, 0.717) is 16.0 Å². The summed E-state index contributed by atoms with van der Waals surface area (Å²) >= 11 is 0. The van der Waals surface area contributed by atoms with Gasteiger partial charge >= 0.3 is 0 Å². The SMILES string of the molecule is CC.CC(C)CC(C)PC12CCCC(C)CCC1C1(C)CC(C)C(C)(C)C1C2. The van der Waals surface area contributed by atoms with Gasteiger partial charge in [0.25, 0.3) is 0 Å². The Morgan fingerprint density at radius 1 is 0.893 bits per heavy atom. The summed E-state index contributed by atoms with van der Waals surface area (Å²) in [5, 5.41) is 0.686. The van der Waals surface area contributed by atoms with E-state index < -0.39 is 0 Å². The summed E-state index contributed by atoms with van der Waals surface area (Å²) in [4.78, 5) is 0. The first kappa shape index (κ1) is 24.7. The van der Waals surface area contributed by atoms with Gasteiger partial charge < -0.3 is 0 Å². The molecule has 3 saturated carbocycles. The number of hydrogen-bond acceptors (Lipinski definition) is 0. The highest BCUT2D eigenvalue weighted by molar-refractivity contribution is 7.40. The second-order valence-electron chi connectivity index (χ2n) is 12.1. The van der Waals surface area contributed by atoms with Crippen molar-refractivity contribution < 1.29 is 0 Å². The highest BCUT2D eigenvalue weighted by atomic mass is 31.1. The van der Waals surface area contributed by atoms with Gasteiger partial charge in [0.1, 0.15) is 0 Å². The lowest BCUT2D eigenvalue weighted by atomic mass is 9.67. The van der Waals surface area contributed by atoms with Gasteiger partial charge in [-0.05, 0) is 83.3 Å². The third-order valence-electron chi connectivity index (χ3n) is 9.37. The Hall–Kier alpha value is 0.430. The minimum atomic E-state index is 0.542. The van der Waals surface area contributed by atoms with Crippen molar-refractivity contribution in [1.29, 1.82) is 0 Å². The molecule has 0 aromatic heterocycles. The van der Waals surface area contributed by atoms with Crippen LogP contribution in [0.15, 0.2) is 0 Å². The molecule has 0 spiro atoms. The van der Waals surface area contributed by atoms with Crippen LogP contribution < -0.4 is 0 Å². The molecule has 0 aromatic carbocycles. The fraction of sp³-hybridized carbons (Fsp3) is 1.00. The quantitative estimate of drug-likeness (QED) is 0.407. The second-order valence-corrected chi connectivity index (χ2v) is 14.4. The molecule has 1 heteroatoms. The lowest BCUT2D eigenvalue weighted by Gasteiger charge is -2.45. The van der Waals surface area contributed by atoms with Crippen LogP contribution in [0, 0.1) is 40.4 Å². The van der Waals surface area contributed by atoms with E-state index in [2.05, 4.69) is 55.4 Å². The molecule has 0 nitrogen and oxygen atoms in total. The number of fused-ring (bicyclic) bond motifs is 3. The van der Waals surface area contributed by atoms with Gasteiger partial charge in [-0.3, -0.25) is 0 Å². The van der Waals surface area contributed by atoms with E-state index in [9.17, 15) is 0 Å². The maximum absolute atomic E-state index is 2.74. The van der Waals surface area contributed by atoms with Crippen LogP contribution in [0.25, 0.3) is 0 Å². The van der Waals surface area contributed by atoms with Crippen LogP contribution in [0.4, 0.5) is 0 Å². The summed E-state index contributed by atoms with van der Waals surface area (Å²) in [7, 11) is 1.20. The Balaban J connectivity index is 0.00000136. The lowest BCUT2D eigenvalue weighted by molar-refractivity contribution is 0.118. The van der Waals surface area contributed by atoms with E-state index in [4.69, 9.17) is 0 Å². The first-order chi connectivity index (χ1) is 13.0. The number of rotatable bonds is 4. The van der Waals surface area contributed by atoms with Crippen LogP contribution in [-0.4, -0.2) is 10.8 Å². The molecule has 0 radical (unpaired) electrons. The second kappa shape index (κ2) is 9.28. The first-order valence-corrected chi connectivity index (χ1v) is 13.9. The Labute approximate surface area is 180 Å². The van der Waals surface area contributed by atoms with E-state index in [1.807, 2.05) is 13.8 Å². The molecule has 0 heterocycles. The maximum atomic E-state index is 2.74. The van der Waals surface area contributed by atoms with Crippen LogP contribution in [0.3, 0.4) is 0 Å². The van der Waals surface area contributed by atoms with Gasteiger partial charge in [-0.1, -0.05) is 88.5 Å². The molecule has 8 atom stereocenters. The van der Waals surface area contributed by atoms with E-state index in [1.165, 1.54) is 47.1 Å². The summed E-state index contributed by atoms with van der Waals surface area (Å²) in [6.07, 6.45) is 12.0. The predicted octanol–water partition coefficient (Wildman–Crippen LogP) is 9.17. The van der Waals surface area contributed by atoms with Crippen molar-refractivity contribution in [3.8, 4) is 0 Å². The molecule has 8 unspecified atom stereocenters. The van der Waals surface area contributed by atoms with Gasteiger partial charge in [-0.25, -0.2) is 0 Å². The summed E-state index contributed by atoms with van der Waals surface area (Å²) in [5.41, 5.74) is 2.09. The highest BCUT2D eigenvalue weighted by Gasteiger charge is 2.66. The van der Waals surface area contributed by atoms with E-state index in [-0.39, 0.29) is 0 Å². The molecule has 0 bridgehead atoms. The van der Waals surface area contributed by atoms with Gasteiger partial charge in [-0.2, -0.15) is 0 Å². The molecule has 28 heavy (non-hydrogen) atoms. The lowest BCUT2D eigenvalue weighted by Crippen LogP contribution is -2.38. The van der Waals surface area contributed by atoms with Gasteiger partial charge in [0.2, 0.25) is 0 Å². The summed E-state index contributed by atoms with van der Waals surface area (Å²) < 4.78 is 0. The third-order valence-corrected chi connectivity index (χ3v) is 11.5. The van der Waals surface area contributed by atoms with E-state index in [0.717, 1.165) is 35.2 Å². The van der Waals surface area contributed by atoms with Crippen molar-refractivity contribution >= 4 is 8.58 Å². The average Bonchev–Trinajstić information content (AvgIpc) is 2.89. The normalized spacial score (nSPS) is 43.8. The molecule has 3 rings (SSSR count). The Bertz CT molecular complexity index is 494. The Morgan fingerprint density at radius 2 is 1.54 bits per heavy atom. The summed E-state index contributed by atoms with van der Waals surface area (Å²) in [6, 6.07) is 0. The molecular formula is C27H53P. The van der Waals surface area contributed by atoms with Crippen molar-refractivity contribution in [3.05, 3.63) is 0 Å². The highest BCUT2D eigenvalue weighted by Crippen LogP contribution is 2.74. The summed E-state index contributed by atoms with van der Waals surface area (Å²) in [6.45, 7) is 24.5. The topological polar surface area (TPSA) is 0 Å². The zero-order valence-corrected chi connectivity index (χ0v) is 22.1. The largest absolute Gasteiger partial charge is 0.112 e. The zero-order valence-electron chi connectivity index (χ0n) is 21.1. The van der Waals surface area contributed by atoms with Crippen LogP contribution in [-0.2, 0) is 0 Å². The smallest absolute Gasteiger partial charge is 0.00830 e. The van der Waals surface area contributed by atoms with Crippen LogP contribution >= 0.6 is 8.58 Å². The third kappa shape index (κ3) is 4.53. The van der Waals surface area contributed by atoms with Crippen LogP contribution in [0.5, 0.6) is 0 Å². The summed E-state index contributed by atoms with van der Waals surface area (Å²) in [5.74, 6) is 4.67. The van der Waals surface area contributed by atoms with Crippen molar-refractivity contribution in [3.63, 3.8) is 0 Å². The molecule has 3 fully saturated rings. The van der Waals surface area contributed by atoms with Crippen molar-refractivity contribution in [2.24, 2.45) is 40.4 Å². The van der Waals surface area contributed by atoms with Crippen LogP contribution in [0.1, 0.15) is 121 Å². The minimum absolute atomic E-state index is 0.542. The van der Waals surface area contributed by atoms with Gasteiger partial charge in [-0.15, -0.1) is 8.58 Å². The maximum Gasteiger partial charge on any atom is -0.00830 e. The number of hydrogen-bond donors (Lipinski definition) is 0. The Kier molecular flexibility index (Phi) is 8.19.